The van der Waals surface area contributed by atoms with Gasteiger partial charge in [-0.1, -0.05) is 54.6 Å². The summed E-state index contributed by atoms with van der Waals surface area (Å²) in [5.41, 5.74) is 1.23. The second-order valence-corrected chi connectivity index (χ2v) is 9.11. The van der Waals surface area contributed by atoms with E-state index in [4.69, 9.17) is 0 Å². The molecule has 3 aromatic rings. The van der Waals surface area contributed by atoms with E-state index in [0.29, 0.717) is 16.4 Å². The van der Waals surface area contributed by atoms with Crippen LogP contribution >= 0.6 is 9.24 Å². The molecule has 0 aliphatic carbocycles. The van der Waals surface area contributed by atoms with Gasteiger partial charge in [0.2, 0.25) is 0 Å². The molecule has 0 bridgehead atoms. The van der Waals surface area contributed by atoms with Crippen molar-refractivity contribution in [1.29, 1.82) is 0 Å². The van der Waals surface area contributed by atoms with Gasteiger partial charge in [0.15, 0.2) is 0 Å². The van der Waals surface area contributed by atoms with Crippen molar-refractivity contribution < 1.29 is 31.4 Å². The third-order valence-corrected chi connectivity index (χ3v) is 6.29. The Balaban J connectivity index is 0.00000280. The summed E-state index contributed by atoms with van der Waals surface area (Å²) in [4.78, 5) is -0.600. The second kappa shape index (κ2) is 12.6. The Kier molecular flexibility index (Phi) is 13.0. The van der Waals surface area contributed by atoms with Gasteiger partial charge in [0.05, 0.1) is 0 Å². The van der Waals surface area contributed by atoms with Crippen LogP contribution in [0.25, 0.3) is 22.3 Å². The van der Waals surface area contributed by atoms with Crippen LogP contribution in [0.5, 0.6) is 0 Å². The van der Waals surface area contributed by atoms with Gasteiger partial charge >= 0.3 is 103 Å². The fourth-order valence-corrected chi connectivity index (χ4v) is 4.73. The summed E-state index contributed by atoms with van der Waals surface area (Å²) in [5.74, 6) is 0. The molecule has 30 heavy (non-hydrogen) atoms. The van der Waals surface area contributed by atoms with E-state index in [0.717, 1.165) is 0 Å². The molecule has 7 nitrogen and oxygen atoms in total. The predicted octanol–water partition coefficient (Wildman–Crippen LogP) is 0.893. The molecule has 0 fully saturated rings. The van der Waals surface area contributed by atoms with Crippen molar-refractivity contribution in [1.82, 2.24) is 0 Å². The number of rotatable bonds is 4. The summed E-state index contributed by atoms with van der Waals surface area (Å²) in [7, 11) is -6.55. The molecular formula is C18H19K2O7PS2. The molecule has 0 saturated heterocycles. The summed E-state index contributed by atoms with van der Waals surface area (Å²) >= 11 is 0. The summed E-state index contributed by atoms with van der Waals surface area (Å²) < 4.78 is 66.4. The Bertz CT molecular complexity index is 1250. The minimum absolute atomic E-state index is 0. The van der Waals surface area contributed by atoms with E-state index in [1.165, 1.54) is 36.4 Å². The van der Waals surface area contributed by atoms with Gasteiger partial charge in [0, 0.05) is 11.1 Å². The van der Waals surface area contributed by atoms with Gasteiger partial charge in [-0.2, -0.15) is 16.8 Å². The molecule has 0 spiro atoms. The van der Waals surface area contributed by atoms with Crippen LogP contribution in [0.1, 0.15) is 0 Å². The van der Waals surface area contributed by atoms with Gasteiger partial charge in [-0.15, -0.1) is 9.24 Å². The van der Waals surface area contributed by atoms with Crippen LogP contribution in [0.3, 0.4) is 0 Å². The normalized spacial score (nSPS) is 10.9. The van der Waals surface area contributed by atoms with E-state index in [1.807, 2.05) is 0 Å². The minimum atomic E-state index is -4.51. The quantitative estimate of drug-likeness (QED) is 0.297. The van der Waals surface area contributed by atoms with E-state index < -0.39 is 20.2 Å². The van der Waals surface area contributed by atoms with Gasteiger partial charge in [-0.25, -0.2) is 0 Å². The summed E-state index contributed by atoms with van der Waals surface area (Å²) in [6.45, 7) is 0. The van der Waals surface area contributed by atoms with Gasteiger partial charge in [-0.05, 0) is 28.6 Å². The SMILES string of the molecule is O.O=S(=O)(O)c1ccccc1-c1cccc(P)c1-c1ccccc1S(=O)(=O)O.[KH].[KH]. The molecule has 0 aliphatic rings. The van der Waals surface area contributed by atoms with Crippen molar-refractivity contribution in [2.24, 2.45) is 0 Å². The molecule has 4 N–H and O–H groups in total. The van der Waals surface area contributed by atoms with E-state index in [-0.39, 0.29) is 129 Å². The van der Waals surface area contributed by atoms with E-state index in [9.17, 15) is 25.9 Å². The molecule has 0 radical (unpaired) electrons. The van der Waals surface area contributed by atoms with Crippen LogP contribution in [0.15, 0.2) is 76.5 Å². The van der Waals surface area contributed by atoms with Crippen molar-refractivity contribution >= 4 is 138 Å². The Hall–Kier alpha value is 1.14. The Morgan fingerprint density at radius 3 is 1.50 bits per heavy atom. The van der Waals surface area contributed by atoms with Gasteiger partial charge in [0.1, 0.15) is 9.79 Å². The van der Waals surface area contributed by atoms with Crippen LogP contribution < -0.4 is 5.30 Å². The van der Waals surface area contributed by atoms with Gasteiger partial charge < -0.3 is 5.48 Å². The molecular weight excluding hydrogens is 501 g/mol. The fraction of sp³-hybridized carbons (Fsp3) is 0. The zero-order chi connectivity index (χ0) is 19.8. The van der Waals surface area contributed by atoms with Crippen LogP contribution in [-0.2, 0) is 20.2 Å². The Morgan fingerprint density at radius 1 is 0.600 bits per heavy atom. The summed E-state index contributed by atoms with van der Waals surface area (Å²) in [5, 5.41) is 0.591. The first-order chi connectivity index (χ1) is 12.6. The maximum absolute atomic E-state index is 11.8. The molecule has 3 aromatic carbocycles. The topological polar surface area (TPSA) is 140 Å². The van der Waals surface area contributed by atoms with E-state index >= 15 is 0 Å². The molecule has 0 amide bonds. The van der Waals surface area contributed by atoms with Gasteiger partial charge in [-0.3, -0.25) is 9.11 Å². The van der Waals surface area contributed by atoms with Crippen molar-refractivity contribution in [2.75, 3.05) is 0 Å². The zero-order valence-corrected chi connectivity index (χ0v) is 17.1. The number of hydrogen-bond donors (Lipinski definition) is 2. The molecule has 1 atom stereocenters. The molecule has 1 unspecified atom stereocenters. The first-order valence-corrected chi connectivity index (χ1v) is 11.1. The Labute approximate surface area is 262 Å². The van der Waals surface area contributed by atoms with Crippen molar-refractivity contribution in [3.63, 3.8) is 0 Å². The van der Waals surface area contributed by atoms with Crippen molar-refractivity contribution in [3.05, 3.63) is 66.7 Å². The molecule has 0 aromatic heterocycles. The molecule has 0 heterocycles. The third-order valence-electron chi connectivity index (χ3n) is 3.99. The molecule has 0 aliphatic heterocycles. The molecule has 12 heteroatoms. The van der Waals surface area contributed by atoms with Crippen LogP contribution in [0.2, 0.25) is 0 Å². The molecule has 3 rings (SSSR count). The van der Waals surface area contributed by atoms with Crippen LogP contribution in [0.4, 0.5) is 0 Å². The van der Waals surface area contributed by atoms with Gasteiger partial charge in [0.25, 0.3) is 20.2 Å². The molecule has 0 saturated carbocycles. The average Bonchev–Trinajstić information content (AvgIpc) is 2.60. The number of benzene rings is 3. The zero-order valence-electron chi connectivity index (χ0n) is 14.3. The second-order valence-electron chi connectivity index (χ2n) is 5.71. The summed E-state index contributed by atoms with van der Waals surface area (Å²) in [6, 6.07) is 16.7. The van der Waals surface area contributed by atoms with E-state index in [2.05, 4.69) is 9.24 Å². The summed E-state index contributed by atoms with van der Waals surface area (Å²) in [6.07, 6.45) is 0. The predicted molar refractivity (Wildman–Crippen MR) is 124 cm³/mol. The first kappa shape index (κ1) is 31.1. The van der Waals surface area contributed by atoms with Crippen molar-refractivity contribution in [2.45, 2.75) is 9.79 Å². The van der Waals surface area contributed by atoms with E-state index in [1.54, 1.807) is 30.3 Å². The third kappa shape index (κ3) is 7.07. The Morgan fingerprint density at radius 2 is 1.00 bits per heavy atom. The maximum atomic E-state index is 11.8. The average molecular weight is 521 g/mol. The fourth-order valence-electron chi connectivity index (χ4n) is 2.91. The monoisotopic (exact) mass is 520 g/mol. The van der Waals surface area contributed by atoms with Crippen molar-refractivity contribution in [3.8, 4) is 22.3 Å². The first-order valence-electron chi connectivity index (χ1n) is 7.63. The molecule has 152 valence electrons. The number of hydrogen-bond acceptors (Lipinski definition) is 4. The standard InChI is InChI=1S/C18H15O6PS2.2K.H2O.2H/c19-26(20,21)16-10-3-1-6-12(16)13-8-5-9-15(25)18(13)14-7-2-4-11-17(14)27(22,23)24;;;;;/h1-11H,25H2,(H,19,20,21)(H,22,23,24);;;1H2;;. The van der Waals surface area contributed by atoms with Crippen LogP contribution in [-0.4, -0.2) is 134 Å². The van der Waals surface area contributed by atoms with Crippen LogP contribution in [0, 0.1) is 0 Å².